The average Bonchev–Trinajstić information content (AvgIpc) is 3.01. The maximum atomic E-state index is 10.8. The van der Waals surface area contributed by atoms with E-state index in [1.54, 1.807) is 11.1 Å². The molecule has 0 amide bonds. The fourth-order valence-electron chi connectivity index (χ4n) is 3.06. The molecule has 0 radical (unpaired) electrons. The topological polar surface area (TPSA) is 37.3 Å². The van der Waals surface area contributed by atoms with Gasteiger partial charge in [0.1, 0.15) is 0 Å². The van der Waals surface area contributed by atoms with Gasteiger partial charge < -0.3 is 5.11 Å². The molecule has 0 aromatic carbocycles. The molecule has 0 atom stereocenters. The third-order valence-electron chi connectivity index (χ3n) is 4.08. The quantitative estimate of drug-likeness (QED) is 0.562. The fourth-order valence-corrected chi connectivity index (χ4v) is 3.06. The van der Waals surface area contributed by atoms with E-state index in [9.17, 15) is 4.79 Å². The summed E-state index contributed by atoms with van der Waals surface area (Å²) in [4.78, 5) is 10.8. The number of aliphatic carboxylic acids is 1. The summed E-state index contributed by atoms with van der Waals surface area (Å²) in [6.45, 7) is 3.64. The predicted octanol–water partition coefficient (Wildman–Crippen LogP) is 4.24. The van der Waals surface area contributed by atoms with Gasteiger partial charge in [-0.3, -0.25) is 0 Å². The molecule has 0 aromatic heterocycles. The molecular weight excluding hydrogens is 224 g/mol. The summed E-state index contributed by atoms with van der Waals surface area (Å²) in [6, 6.07) is 0. The maximum absolute atomic E-state index is 10.8. The number of allylic oxidation sites excluding steroid dienone is 4. The molecule has 0 saturated carbocycles. The molecule has 0 unspecified atom stereocenters. The van der Waals surface area contributed by atoms with E-state index in [4.69, 9.17) is 5.11 Å². The van der Waals surface area contributed by atoms with Crippen LogP contribution in [0, 0.1) is 5.92 Å². The minimum absolute atomic E-state index is 0.345. The van der Waals surface area contributed by atoms with Crippen molar-refractivity contribution >= 4 is 5.97 Å². The predicted molar refractivity (Wildman–Crippen MR) is 73.4 cm³/mol. The third kappa shape index (κ3) is 3.12. The second-order valence-electron chi connectivity index (χ2n) is 5.34. The number of carboxylic acids is 1. The largest absolute Gasteiger partial charge is 0.478 e. The molecule has 0 spiro atoms. The van der Waals surface area contributed by atoms with Crippen LogP contribution < -0.4 is 0 Å². The highest BCUT2D eigenvalue weighted by molar-refractivity contribution is 5.85. The lowest BCUT2D eigenvalue weighted by atomic mass is 9.85. The molecule has 0 fully saturated rings. The van der Waals surface area contributed by atoms with Gasteiger partial charge >= 0.3 is 5.97 Å². The van der Waals surface area contributed by atoms with Crippen LogP contribution in [0.25, 0.3) is 0 Å². The molecule has 0 bridgehead atoms. The lowest BCUT2D eigenvalue weighted by Crippen LogP contribution is -2.08. The molecule has 98 valence electrons. The zero-order valence-corrected chi connectivity index (χ0v) is 11.0. The van der Waals surface area contributed by atoms with Gasteiger partial charge in [0.15, 0.2) is 0 Å². The zero-order valence-electron chi connectivity index (χ0n) is 11.0. The summed E-state index contributed by atoms with van der Waals surface area (Å²) in [7, 11) is 0. The van der Waals surface area contributed by atoms with Gasteiger partial charge in [0.25, 0.3) is 0 Å². The summed E-state index contributed by atoms with van der Waals surface area (Å²) in [6.07, 6.45) is 13.6. The molecule has 2 aliphatic rings. The molecule has 2 nitrogen and oxygen atoms in total. The highest BCUT2D eigenvalue weighted by Gasteiger charge is 2.23. The van der Waals surface area contributed by atoms with Crippen LogP contribution in [-0.4, -0.2) is 11.1 Å². The van der Waals surface area contributed by atoms with Crippen LogP contribution in [0.15, 0.2) is 35.5 Å². The van der Waals surface area contributed by atoms with E-state index in [0.717, 1.165) is 6.42 Å². The van der Waals surface area contributed by atoms with E-state index in [1.165, 1.54) is 38.5 Å². The van der Waals surface area contributed by atoms with E-state index in [1.807, 2.05) is 0 Å². The van der Waals surface area contributed by atoms with Crippen molar-refractivity contribution < 1.29 is 9.90 Å². The van der Waals surface area contributed by atoms with Crippen LogP contribution in [0.2, 0.25) is 0 Å². The van der Waals surface area contributed by atoms with Crippen molar-refractivity contribution in [3.05, 3.63) is 35.5 Å². The average molecular weight is 246 g/mol. The second kappa shape index (κ2) is 6.03. The third-order valence-corrected chi connectivity index (χ3v) is 4.08. The fraction of sp³-hybridized carbons (Fsp3) is 0.562. The Morgan fingerprint density at radius 2 is 1.78 bits per heavy atom. The van der Waals surface area contributed by atoms with E-state index in [2.05, 4.69) is 18.7 Å². The molecule has 2 heteroatoms. The number of hydrogen-bond donors (Lipinski definition) is 1. The molecule has 0 heterocycles. The van der Waals surface area contributed by atoms with E-state index < -0.39 is 5.97 Å². The second-order valence-corrected chi connectivity index (χ2v) is 5.34. The van der Waals surface area contributed by atoms with Gasteiger partial charge in [-0.1, -0.05) is 29.9 Å². The molecule has 2 rings (SSSR count). The first kappa shape index (κ1) is 13.1. The van der Waals surface area contributed by atoms with Crippen LogP contribution in [0.1, 0.15) is 51.4 Å². The Morgan fingerprint density at radius 3 is 2.17 bits per heavy atom. The van der Waals surface area contributed by atoms with Crippen LogP contribution in [-0.2, 0) is 4.79 Å². The first-order valence-corrected chi connectivity index (χ1v) is 6.97. The Kier molecular flexibility index (Phi) is 4.40. The van der Waals surface area contributed by atoms with E-state index in [0.29, 0.717) is 17.9 Å². The van der Waals surface area contributed by atoms with Crippen LogP contribution in [0.3, 0.4) is 0 Å². The number of hydrogen-bond acceptors (Lipinski definition) is 1. The summed E-state index contributed by atoms with van der Waals surface area (Å²) in [5.41, 5.74) is 3.43. The first-order chi connectivity index (χ1) is 8.68. The Bertz CT molecular complexity index is 377. The van der Waals surface area contributed by atoms with E-state index in [-0.39, 0.29) is 0 Å². The van der Waals surface area contributed by atoms with Crippen molar-refractivity contribution in [3.63, 3.8) is 0 Å². The monoisotopic (exact) mass is 246 g/mol. The molecule has 0 saturated heterocycles. The van der Waals surface area contributed by atoms with E-state index >= 15 is 0 Å². The van der Waals surface area contributed by atoms with Gasteiger partial charge in [-0.2, -0.15) is 0 Å². The molecule has 2 aliphatic carbocycles. The molecular formula is C16H22O2. The summed E-state index contributed by atoms with van der Waals surface area (Å²) < 4.78 is 0. The molecule has 18 heavy (non-hydrogen) atoms. The number of carboxylic acid groups (broad SMARTS) is 1. The van der Waals surface area contributed by atoms with Crippen molar-refractivity contribution in [2.45, 2.75) is 51.4 Å². The van der Waals surface area contributed by atoms with Gasteiger partial charge in [0, 0.05) is 11.5 Å². The maximum Gasteiger partial charge on any atom is 0.330 e. The smallest absolute Gasteiger partial charge is 0.330 e. The van der Waals surface area contributed by atoms with Gasteiger partial charge in [0.2, 0.25) is 0 Å². The Hall–Kier alpha value is -1.31. The summed E-state index contributed by atoms with van der Waals surface area (Å²) >= 11 is 0. The van der Waals surface area contributed by atoms with Crippen molar-refractivity contribution in [2.75, 3.05) is 0 Å². The highest BCUT2D eigenvalue weighted by Crippen LogP contribution is 2.38. The van der Waals surface area contributed by atoms with Crippen molar-refractivity contribution in [1.82, 2.24) is 0 Å². The normalized spacial score (nSPS) is 18.9. The standard InChI is InChI=1S/C16H22O2/c1-12(16(17)18)10-11-15(13-6-2-3-7-13)14-8-4-5-9-14/h6,8,15H,1-5,7,9-11H2,(H,17,18). The summed E-state index contributed by atoms with van der Waals surface area (Å²) in [5, 5.41) is 8.90. The van der Waals surface area contributed by atoms with Crippen molar-refractivity contribution in [2.24, 2.45) is 5.92 Å². The molecule has 1 N–H and O–H groups in total. The minimum atomic E-state index is -0.852. The number of rotatable bonds is 6. The van der Waals surface area contributed by atoms with Gasteiger partial charge in [-0.15, -0.1) is 0 Å². The molecule has 0 aromatic rings. The van der Waals surface area contributed by atoms with Crippen molar-refractivity contribution in [3.8, 4) is 0 Å². The van der Waals surface area contributed by atoms with Crippen LogP contribution in [0.5, 0.6) is 0 Å². The van der Waals surface area contributed by atoms with Gasteiger partial charge in [0.05, 0.1) is 0 Å². The van der Waals surface area contributed by atoms with Gasteiger partial charge in [-0.25, -0.2) is 4.79 Å². The SMILES string of the molecule is C=C(CCC(C1=CCCC1)C1=CCCC1)C(=O)O. The van der Waals surface area contributed by atoms with Crippen LogP contribution in [0.4, 0.5) is 0 Å². The lowest BCUT2D eigenvalue weighted by molar-refractivity contribution is -0.132. The van der Waals surface area contributed by atoms with Crippen molar-refractivity contribution in [1.29, 1.82) is 0 Å². The Labute approximate surface area is 109 Å². The Morgan fingerprint density at radius 1 is 1.22 bits per heavy atom. The van der Waals surface area contributed by atoms with Crippen LogP contribution >= 0.6 is 0 Å². The zero-order chi connectivity index (χ0) is 13.0. The lowest BCUT2D eigenvalue weighted by Gasteiger charge is -2.20. The molecule has 0 aliphatic heterocycles. The number of carbonyl (C=O) groups is 1. The summed E-state index contributed by atoms with van der Waals surface area (Å²) in [5.74, 6) is -0.361. The Balaban J connectivity index is 2.00. The minimum Gasteiger partial charge on any atom is -0.478 e. The van der Waals surface area contributed by atoms with Gasteiger partial charge in [-0.05, 0) is 51.4 Å². The highest BCUT2D eigenvalue weighted by atomic mass is 16.4. The first-order valence-electron chi connectivity index (χ1n) is 6.97.